The lowest BCUT2D eigenvalue weighted by Gasteiger charge is -2.04. The first-order valence-corrected chi connectivity index (χ1v) is 7.45. The Hall–Kier alpha value is -3.46. The maximum absolute atomic E-state index is 11.5. The number of carbonyl (C=O) groups excluding carboxylic acids is 2. The minimum atomic E-state index is -0.625. The Balaban J connectivity index is 1.81. The number of methoxy groups -OCH3 is 1. The molecule has 0 spiro atoms. The van der Waals surface area contributed by atoms with Crippen molar-refractivity contribution in [2.24, 2.45) is 0 Å². The summed E-state index contributed by atoms with van der Waals surface area (Å²) in [6.45, 7) is 0.274. The molecule has 128 valence electrons. The van der Waals surface area contributed by atoms with Crippen LogP contribution < -0.4 is 5.32 Å². The quantitative estimate of drug-likeness (QED) is 0.660. The molecule has 6 nitrogen and oxygen atoms in total. The lowest BCUT2D eigenvalue weighted by molar-refractivity contribution is 0.0597. The highest BCUT2D eigenvalue weighted by atomic mass is 16.5. The molecular weight excluding hydrogens is 322 g/mol. The number of amides is 1. The van der Waals surface area contributed by atoms with Crippen molar-refractivity contribution in [3.05, 3.63) is 65.2 Å². The number of esters is 1. The van der Waals surface area contributed by atoms with Crippen molar-refractivity contribution in [3.8, 4) is 17.6 Å². The summed E-state index contributed by atoms with van der Waals surface area (Å²) in [5.74, 6) is 4.66. The highest BCUT2D eigenvalue weighted by molar-refractivity contribution is 5.92. The second-order valence-corrected chi connectivity index (χ2v) is 4.94. The van der Waals surface area contributed by atoms with Gasteiger partial charge in [-0.3, -0.25) is 0 Å². The fourth-order valence-electron chi connectivity index (χ4n) is 1.93. The third-order valence-electron chi connectivity index (χ3n) is 3.17. The van der Waals surface area contributed by atoms with Gasteiger partial charge in [0.2, 0.25) is 0 Å². The Morgan fingerprint density at radius 2 is 1.92 bits per heavy atom. The number of carbonyl (C=O) groups is 2. The second kappa shape index (κ2) is 8.99. The molecular formula is C19H17NO5. The van der Waals surface area contributed by atoms with Crippen molar-refractivity contribution in [1.82, 2.24) is 5.32 Å². The molecule has 0 aliphatic carbocycles. The third kappa shape index (κ3) is 5.59. The smallest absolute Gasteiger partial charge is 0.408 e. The molecule has 0 unspecified atom stereocenters. The molecule has 0 atom stereocenters. The van der Waals surface area contributed by atoms with Crippen LogP contribution in [0.4, 0.5) is 4.79 Å². The van der Waals surface area contributed by atoms with E-state index in [4.69, 9.17) is 4.74 Å². The zero-order valence-electron chi connectivity index (χ0n) is 13.6. The minimum absolute atomic E-state index is 0.0654. The van der Waals surface area contributed by atoms with E-state index in [2.05, 4.69) is 21.9 Å². The summed E-state index contributed by atoms with van der Waals surface area (Å²) in [4.78, 5) is 22.9. The molecule has 25 heavy (non-hydrogen) atoms. The first-order chi connectivity index (χ1) is 12.1. The van der Waals surface area contributed by atoms with Gasteiger partial charge in [0.05, 0.1) is 13.7 Å². The van der Waals surface area contributed by atoms with Crippen LogP contribution >= 0.6 is 0 Å². The zero-order valence-corrected chi connectivity index (χ0v) is 13.6. The average Bonchev–Trinajstić information content (AvgIpc) is 2.64. The molecule has 0 saturated carbocycles. The van der Waals surface area contributed by atoms with Crippen LogP contribution in [0.5, 0.6) is 5.75 Å². The van der Waals surface area contributed by atoms with E-state index in [1.807, 2.05) is 30.3 Å². The summed E-state index contributed by atoms with van der Waals surface area (Å²) in [6.07, 6.45) is -0.568. The summed E-state index contributed by atoms with van der Waals surface area (Å²) in [6, 6.07) is 13.7. The van der Waals surface area contributed by atoms with Gasteiger partial charge in [0, 0.05) is 5.56 Å². The van der Waals surface area contributed by atoms with E-state index in [0.717, 1.165) is 5.56 Å². The molecule has 0 aromatic heterocycles. The van der Waals surface area contributed by atoms with Crippen LogP contribution in [0, 0.1) is 11.8 Å². The van der Waals surface area contributed by atoms with Crippen molar-refractivity contribution in [2.75, 3.05) is 13.7 Å². The number of phenolic OH excluding ortho intramolecular Hbond substituents is 1. The summed E-state index contributed by atoms with van der Waals surface area (Å²) in [5.41, 5.74) is 1.46. The molecule has 2 rings (SSSR count). The van der Waals surface area contributed by atoms with Gasteiger partial charge in [-0.05, 0) is 23.8 Å². The van der Waals surface area contributed by atoms with Crippen LogP contribution in [-0.4, -0.2) is 30.8 Å². The van der Waals surface area contributed by atoms with Gasteiger partial charge in [-0.25, -0.2) is 9.59 Å². The molecule has 0 aliphatic heterocycles. The molecule has 2 N–H and O–H groups in total. The average molecular weight is 339 g/mol. The summed E-state index contributed by atoms with van der Waals surface area (Å²) in [7, 11) is 1.23. The Bertz CT molecular complexity index is 806. The number of hydrogen-bond donors (Lipinski definition) is 2. The number of rotatable bonds is 4. The number of benzene rings is 2. The van der Waals surface area contributed by atoms with Crippen LogP contribution in [0.25, 0.3) is 0 Å². The Kier molecular flexibility index (Phi) is 6.43. The maximum Gasteiger partial charge on any atom is 0.408 e. The number of ether oxygens (including phenoxy) is 2. The second-order valence-electron chi connectivity index (χ2n) is 4.94. The van der Waals surface area contributed by atoms with Crippen molar-refractivity contribution in [2.45, 2.75) is 6.61 Å². The fraction of sp³-hybridized carbons (Fsp3) is 0.158. The highest BCUT2D eigenvalue weighted by Crippen LogP contribution is 2.19. The fourth-order valence-corrected chi connectivity index (χ4v) is 1.93. The summed E-state index contributed by atoms with van der Waals surface area (Å²) in [5, 5.41) is 12.3. The van der Waals surface area contributed by atoms with Gasteiger partial charge in [0.15, 0.2) is 0 Å². The normalized spacial score (nSPS) is 9.48. The lowest BCUT2D eigenvalue weighted by atomic mass is 10.1. The third-order valence-corrected chi connectivity index (χ3v) is 3.17. The van der Waals surface area contributed by atoms with Gasteiger partial charge in [-0.2, -0.15) is 0 Å². The van der Waals surface area contributed by atoms with Gasteiger partial charge in [0.25, 0.3) is 0 Å². The van der Waals surface area contributed by atoms with Crippen molar-refractivity contribution >= 4 is 12.1 Å². The van der Waals surface area contributed by atoms with Gasteiger partial charge in [-0.15, -0.1) is 0 Å². The monoisotopic (exact) mass is 339 g/mol. The van der Waals surface area contributed by atoms with Crippen LogP contribution in [0.1, 0.15) is 21.5 Å². The molecule has 0 radical (unpaired) electrons. The number of hydrogen-bond acceptors (Lipinski definition) is 5. The van der Waals surface area contributed by atoms with E-state index in [1.165, 1.54) is 19.2 Å². The van der Waals surface area contributed by atoms with E-state index in [-0.39, 0.29) is 24.5 Å². The Labute approximate surface area is 145 Å². The predicted molar refractivity (Wildman–Crippen MR) is 91.0 cm³/mol. The van der Waals surface area contributed by atoms with Gasteiger partial charge >= 0.3 is 12.1 Å². The number of phenols is 1. The van der Waals surface area contributed by atoms with E-state index in [0.29, 0.717) is 5.56 Å². The van der Waals surface area contributed by atoms with Crippen LogP contribution in [-0.2, 0) is 16.1 Å². The standard InChI is InChI=1S/C19H17NO5/c1-24-18(22)16-10-9-14(12-17(16)21)8-5-11-20-19(23)25-13-15-6-3-2-4-7-15/h2-4,6-7,9-10,12,21H,11,13H2,1H3,(H,20,23). The van der Waals surface area contributed by atoms with Crippen LogP contribution in [0.2, 0.25) is 0 Å². The first kappa shape index (κ1) is 17.9. The van der Waals surface area contributed by atoms with E-state index >= 15 is 0 Å². The molecule has 6 heteroatoms. The number of nitrogens with one attached hydrogen (secondary N) is 1. The number of alkyl carbamates (subject to hydrolysis) is 1. The molecule has 1 amide bonds. The minimum Gasteiger partial charge on any atom is -0.507 e. The Morgan fingerprint density at radius 3 is 2.60 bits per heavy atom. The molecule has 2 aromatic rings. The number of aromatic hydroxyl groups is 1. The lowest BCUT2D eigenvalue weighted by Crippen LogP contribution is -2.24. The van der Waals surface area contributed by atoms with Crippen molar-refractivity contribution in [1.29, 1.82) is 0 Å². The first-order valence-electron chi connectivity index (χ1n) is 7.45. The topological polar surface area (TPSA) is 84.9 Å². The van der Waals surface area contributed by atoms with Gasteiger partial charge in [-0.1, -0.05) is 42.2 Å². The molecule has 0 aliphatic rings. The molecule has 0 bridgehead atoms. The van der Waals surface area contributed by atoms with E-state index in [9.17, 15) is 14.7 Å². The SMILES string of the molecule is COC(=O)c1ccc(C#CCNC(=O)OCc2ccccc2)cc1O. The zero-order chi connectivity index (χ0) is 18.1. The van der Waals surface area contributed by atoms with Crippen LogP contribution in [0.3, 0.4) is 0 Å². The van der Waals surface area contributed by atoms with Gasteiger partial charge < -0.3 is 19.9 Å². The van der Waals surface area contributed by atoms with E-state index < -0.39 is 12.1 Å². The summed E-state index contributed by atoms with van der Waals surface area (Å²) >= 11 is 0. The molecule has 0 heterocycles. The predicted octanol–water partition coefficient (Wildman–Crippen LogP) is 2.46. The van der Waals surface area contributed by atoms with Crippen molar-refractivity contribution < 1.29 is 24.2 Å². The molecule has 2 aromatic carbocycles. The van der Waals surface area contributed by atoms with E-state index in [1.54, 1.807) is 6.07 Å². The molecule has 0 saturated heterocycles. The summed E-state index contributed by atoms with van der Waals surface area (Å²) < 4.78 is 9.59. The van der Waals surface area contributed by atoms with Crippen LogP contribution in [0.15, 0.2) is 48.5 Å². The Morgan fingerprint density at radius 1 is 1.16 bits per heavy atom. The van der Waals surface area contributed by atoms with Crippen molar-refractivity contribution in [3.63, 3.8) is 0 Å². The molecule has 0 fully saturated rings. The maximum atomic E-state index is 11.5. The highest BCUT2D eigenvalue weighted by Gasteiger charge is 2.10. The largest absolute Gasteiger partial charge is 0.507 e. The van der Waals surface area contributed by atoms with Gasteiger partial charge in [0.1, 0.15) is 17.9 Å².